The number of aryl methyl sites for hydroxylation is 2. The van der Waals surface area contributed by atoms with Crippen LogP contribution in [0, 0.1) is 13.8 Å². The fraction of sp³-hybridized carbons (Fsp3) is 0.417. The minimum atomic E-state index is -0.112. The van der Waals surface area contributed by atoms with E-state index in [0.717, 1.165) is 17.8 Å². The Bertz CT molecular complexity index is 559. The summed E-state index contributed by atoms with van der Waals surface area (Å²) in [6.45, 7) is 6.54. The van der Waals surface area contributed by atoms with Gasteiger partial charge in [0, 0.05) is 17.9 Å². The SMILES string of the molecule is CCCNC(=O)c1cnn2c(C)cc(C)nc12. The van der Waals surface area contributed by atoms with Gasteiger partial charge in [0.2, 0.25) is 0 Å². The summed E-state index contributed by atoms with van der Waals surface area (Å²) in [5, 5.41) is 7.02. The van der Waals surface area contributed by atoms with Gasteiger partial charge in [-0.15, -0.1) is 0 Å². The molecule has 1 N–H and O–H groups in total. The van der Waals surface area contributed by atoms with Crippen LogP contribution in [0.5, 0.6) is 0 Å². The lowest BCUT2D eigenvalue weighted by atomic mass is 10.3. The molecule has 0 fully saturated rings. The predicted octanol–water partition coefficient (Wildman–Crippen LogP) is 1.49. The highest BCUT2D eigenvalue weighted by atomic mass is 16.1. The van der Waals surface area contributed by atoms with Gasteiger partial charge in [0.15, 0.2) is 5.65 Å². The van der Waals surface area contributed by atoms with Crippen molar-refractivity contribution >= 4 is 11.6 Å². The quantitative estimate of drug-likeness (QED) is 0.872. The van der Waals surface area contributed by atoms with Crippen LogP contribution in [0.15, 0.2) is 12.3 Å². The van der Waals surface area contributed by atoms with Gasteiger partial charge in [-0.05, 0) is 26.3 Å². The van der Waals surface area contributed by atoms with Gasteiger partial charge in [-0.1, -0.05) is 6.92 Å². The van der Waals surface area contributed by atoms with E-state index < -0.39 is 0 Å². The molecular formula is C12H16N4O. The molecular weight excluding hydrogens is 216 g/mol. The Morgan fingerprint density at radius 1 is 1.47 bits per heavy atom. The van der Waals surface area contributed by atoms with Gasteiger partial charge in [0.1, 0.15) is 5.56 Å². The smallest absolute Gasteiger partial charge is 0.256 e. The maximum absolute atomic E-state index is 11.9. The highest BCUT2D eigenvalue weighted by molar-refractivity contribution is 5.99. The van der Waals surface area contributed by atoms with E-state index in [4.69, 9.17) is 0 Å². The van der Waals surface area contributed by atoms with E-state index in [1.807, 2.05) is 26.8 Å². The molecule has 90 valence electrons. The van der Waals surface area contributed by atoms with Crippen molar-refractivity contribution in [2.24, 2.45) is 0 Å². The van der Waals surface area contributed by atoms with Gasteiger partial charge in [-0.3, -0.25) is 4.79 Å². The highest BCUT2D eigenvalue weighted by Gasteiger charge is 2.14. The van der Waals surface area contributed by atoms with Crippen molar-refractivity contribution < 1.29 is 4.79 Å². The van der Waals surface area contributed by atoms with E-state index in [-0.39, 0.29) is 5.91 Å². The van der Waals surface area contributed by atoms with Gasteiger partial charge in [-0.25, -0.2) is 9.50 Å². The Morgan fingerprint density at radius 2 is 2.24 bits per heavy atom. The summed E-state index contributed by atoms with van der Waals surface area (Å²) < 4.78 is 1.69. The fourth-order valence-corrected chi connectivity index (χ4v) is 1.76. The molecule has 0 bridgehead atoms. The summed E-state index contributed by atoms with van der Waals surface area (Å²) in [6, 6.07) is 1.94. The maximum atomic E-state index is 11.9. The number of hydrogen-bond acceptors (Lipinski definition) is 3. The zero-order valence-electron chi connectivity index (χ0n) is 10.3. The van der Waals surface area contributed by atoms with Crippen molar-refractivity contribution in [1.29, 1.82) is 0 Å². The standard InChI is InChI=1S/C12H16N4O/c1-4-5-13-12(17)10-7-14-16-9(3)6-8(2)15-11(10)16/h6-7H,4-5H2,1-3H3,(H,13,17). The molecule has 0 radical (unpaired) electrons. The molecule has 0 saturated carbocycles. The molecule has 1 amide bonds. The Morgan fingerprint density at radius 3 is 2.94 bits per heavy atom. The number of hydrogen-bond donors (Lipinski definition) is 1. The zero-order chi connectivity index (χ0) is 12.4. The average Bonchev–Trinajstić information content (AvgIpc) is 2.69. The van der Waals surface area contributed by atoms with Crippen LogP contribution in [0.4, 0.5) is 0 Å². The van der Waals surface area contributed by atoms with Crippen molar-refractivity contribution in [3.05, 3.63) is 29.2 Å². The molecule has 0 spiro atoms. The molecule has 0 aliphatic carbocycles. The van der Waals surface area contributed by atoms with Gasteiger partial charge >= 0.3 is 0 Å². The zero-order valence-corrected chi connectivity index (χ0v) is 10.3. The van der Waals surface area contributed by atoms with Gasteiger partial charge in [-0.2, -0.15) is 5.10 Å². The molecule has 5 heteroatoms. The third kappa shape index (κ3) is 2.13. The molecule has 17 heavy (non-hydrogen) atoms. The third-order valence-corrected chi connectivity index (χ3v) is 2.56. The van der Waals surface area contributed by atoms with Crippen LogP contribution in [0.2, 0.25) is 0 Å². The summed E-state index contributed by atoms with van der Waals surface area (Å²) in [5.74, 6) is -0.112. The predicted molar refractivity (Wildman–Crippen MR) is 65.1 cm³/mol. The minimum Gasteiger partial charge on any atom is -0.352 e. The molecule has 0 aliphatic heterocycles. The van der Waals surface area contributed by atoms with E-state index >= 15 is 0 Å². The van der Waals surface area contributed by atoms with E-state index in [2.05, 4.69) is 15.4 Å². The second-order valence-corrected chi connectivity index (χ2v) is 4.09. The molecule has 2 heterocycles. The van der Waals surface area contributed by atoms with E-state index in [1.54, 1.807) is 10.7 Å². The molecule has 0 saturated heterocycles. The van der Waals surface area contributed by atoms with Crippen molar-refractivity contribution in [3.8, 4) is 0 Å². The topological polar surface area (TPSA) is 59.3 Å². The molecule has 0 unspecified atom stereocenters. The molecule has 2 aromatic heterocycles. The Balaban J connectivity index is 2.45. The third-order valence-electron chi connectivity index (χ3n) is 2.56. The highest BCUT2D eigenvalue weighted by Crippen LogP contribution is 2.11. The van der Waals surface area contributed by atoms with Crippen LogP contribution in [-0.2, 0) is 0 Å². The normalized spacial score (nSPS) is 10.8. The Kier molecular flexibility index (Phi) is 3.08. The molecule has 0 aromatic carbocycles. The molecule has 0 aliphatic rings. The Hall–Kier alpha value is -1.91. The molecule has 2 aromatic rings. The fourth-order valence-electron chi connectivity index (χ4n) is 1.76. The van der Waals surface area contributed by atoms with Crippen LogP contribution in [-0.4, -0.2) is 27.0 Å². The lowest BCUT2D eigenvalue weighted by Gasteiger charge is -2.03. The van der Waals surface area contributed by atoms with Crippen LogP contribution in [0.1, 0.15) is 35.1 Å². The first-order chi connectivity index (χ1) is 8.13. The van der Waals surface area contributed by atoms with Gasteiger partial charge in [0.25, 0.3) is 5.91 Å². The van der Waals surface area contributed by atoms with Crippen molar-refractivity contribution in [2.75, 3.05) is 6.54 Å². The number of amides is 1. The monoisotopic (exact) mass is 232 g/mol. The largest absolute Gasteiger partial charge is 0.352 e. The summed E-state index contributed by atoms with van der Waals surface area (Å²) in [6.07, 6.45) is 2.48. The molecule has 2 rings (SSSR count). The van der Waals surface area contributed by atoms with Crippen LogP contribution >= 0.6 is 0 Å². The van der Waals surface area contributed by atoms with E-state index in [0.29, 0.717) is 17.8 Å². The number of nitrogens with zero attached hydrogens (tertiary/aromatic N) is 3. The number of fused-ring (bicyclic) bond motifs is 1. The summed E-state index contributed by atoms with van der Waals surface area (Å²) >= 11 is 0. The van der Waals surface area contributed by atoms with Crippen molar-refractivity contribution in [1.82, 2.24) is 19.9 Å². The summed E-state index contributed by atoms with van der Waals surface area (Å²) in [5.41, 5.74) is 3.02. The maximum Gasteiger partial charge on any atom is 0.256 e. The Labute approximate surface area is 99.9 Å². The minimum absolute atomic E-state index is 0.112. The van der Waals surface area contributed by atoms with Gasteiger partial charge < -0.3 is 5.32 Å². The lowest BCUT2D eigenvalue weighted by molar-refractivity contribution is 0.0955. The molecule has 0 atom stereocenters. The second-order valence-electron chi connectivity index (χ2n) is 4.09. The first kappa shape index (κ1) is 11.6. The number of carbonyl (C=O) groups excluding carboxylic acids is 1. The van der Waals surface area contributed by atoms with E-state index in [1.165, 1.54) is 0 Å². The second kappa shape index (κ2) is 4.53. The number of nitrogens with one attached hydrogen (secondary N) is 1. The molecule has 5 nitrogen and oxygen atoms in total. The van der Waals surface area contributed by atoms with Crippen LogP contribution < -0.4 is 5.32 Å². The van der Waals surface area contributed by atoms with Crippen molar-refractivity contribution in [2.45, 2.75) is 27.2 Å². The first-order valence-corrected chi connectivity index (χ1v) is 5.73. The van der Waals surface area contributed by atoms with E-state index in [9.17, 15) is 4.79 Å². The van der Waals surface area contributed by atoms with Crippen LogP contribution in [0.3, 0.4) is 0 Å². The number of aromatic nitrogens is 3. The summed E-state index contributed by atoms with van der Waals surface area (Å²) in [7, 11) is 0. The lowest BCUT2D eigenvalue weighted by Crippen LogP contribution is -2.24. The number of rotatable bonds is 3. The van der Waals surface area contributed by atoms with Crippen molar-refractivity contribution in [3.63, 3.8) is 0 Å². The first-order valence-electron chi connectivity index (χ1n) is 5.73. The number of carbonyl (C=O) groups is 1. The van der Waals surface area contributed by atoms with Gasteiger partial charge in [0.05, 0.1) is 6.20 Å². The average molecular weight is 232 g/mol. The summed E-state index contributed by atoms with van der Waals surface area (Å²) in [4.78, 5) is 16.3. The van der Waals surface area contributed by atoms with Crippen LogP contribution in [0.25, 0.3) is 5.65 Å².